The molecule has 1 aromatic carbocycles. The number of halogens is 3. The Labute approximate surface area is 123 Å². The van der Waals surface area contributed by atoms with Gasteiger partial charge in [0, 0.05) is 22.7 Å². The summed E-state index contributed by atoms with van der Waals surface area (Å²) in [7, 11) is 1.54. The van der Waals surface area contributed by atoms with E-state index in [9.17, 15) is 4.39 Å². The summed E-state index contributed by atoms with van der Waals surface area (Å²) in [5.41, 5.74) is 1.43. The van der Waals surface area contributed by atoms with Crippen LogP contribution < -0.4 is 4.74 Å². The Balaban J connectivity index is 2.20. The molecule has 0 N–H and O–H groups in total. The van der Waals surface area contributed by atoms with Crippen LogP contribution in [0.15, 0.2) is 35.1 Å². The first-order chi connectivity index (χ1) is 9.10. The van der Waals surface area contributed by atoms with Crippen LogP contribution in [0, 0.1) is 5.82 Å². The summed E-state index contributed by atoms with van der Waals surface area (Å²) in [4.78, 5) is 8.04. The zero-order chi connectivity index (χ0) is 13.8. The van der Waals surface area contributed by atoms with E-state index in [0.717, 1.165) is 10.2 Å². The van der Waals surface area contributed by atoms with Crippen molar-refractivity contribution in [3.05, 3.63) is 52.1 Å². The fourth-order valence-electron chi connectivity index (χ4n) is 1.65. The summed E-state index contributed by atoms with van der Waals surface area (Å²) < 4.78 is 19.0. The average molecular weight is 346 g/mol. The number of hydrogen-bond acceptors (Lipinski definition) is 3. The van der Waals surface area contributed by atoms with E-state index in [0.29, 0.717) is 17.9 Å². The lowest BCUT2D eigenvalue weighted by molar-refractivity contribution is 0.396. The molecule has 0 saturated carbocycles. The lowest BCUT2D eigenvalue weighted by Crippen LogP contribution is -2.01. The highest BCUT2D eigenvalue weighted by atomic mass is 79.9. The van der Waals surface area contributed by atoms with Gasteiger partial charge in [-0.2, -0.15) is 0 Å². The molecule has 1 aromatic heterocycles. The first kappa shape index (κ1) is 14.2. The second kappa shape index (κ2) is 6.30. The van der Waals surface area contributed by atoms with E-state index in [-0.39, 0.29) is 11.2 Å². The van der Waals surface area contributed by atoms with Crippen LogP contribution in [0.25, 0.3) is 0 Å². The third-order valence-electron chi connectivity index (χ3n) is 2.59. The van der Waals surface area contributed by atoms with Crippen LogP contribution in [0.3, 0.4) is 0 Å². The van der Waals surface area contributed by atoms with E-state index < -0.39 is 0 Å². The van der Waals surface area contributed by atoms with Crippen molar-refractivity contribution in [1.82, 2.24) is 9.97 Å². The van der Waals surface area contributed by atoms with Gasteiger partial charge in [0.1, 0.15) is 12.1 Å². The molecular formula is C13H11BrClFN2O. The molecule has 6 heteroatoms. The maximum absolute atomic E-state index is 13.2. The molecule has 0 radical (unpaired) electrons. The number of nitrogens with zero attached hydrogens (tertiary/aromatic N) is 2. The van der Waals surface area contributed by atoms with Crippen LogP contribution in [0.1, 0.15) is 16.6 Å². The van der Waals surface area contributed by atoms with Crippen LogP contribution in [0.2, 0.25) is 0 Å². The predicted molar refractivity (Wildman–Crippen MR) is 75.0 cm³/mol. The van der Waals surface area contributed by atoms with Gasteiger partial charge in [-0.15, -0.1) is 11.6 Å². The predicted octanol–water partition coefficient (Wildman–Crippen LogP) is 3.91. The third kappa shape index (κ3) is 3.64. The number of ether oxygens (including phenoxy) is 1. The topological polar surface area (TPSA) is 35.0 Å². The Morgan fingerprint density at radius 2 is 2.16 bits per heavy atom. The first-order valence-electron chi connectivity index (χ1n) is 5.54. The molecular weight excluding hydrogens is 335 g/mol. The highest BCUT2D eigenvalue weighted by Crippen LogP contribution is 2.31. The maximum atomic E-state index is 13.2. The molecule has 0 amide bonds. The van der Waals surface area contributed by atoms with Crippen LogP contribution in [0.5, 0.6) is 5.88 Å². The number of benzene rings is 1. The average Bonchev–Trinajstić information content (AvgIpc) is 2.41. The summed E-state index contributed by atoms with van der Waals surface area (Å²) in [5.74, 6) is 0.163. The minimum atomic E-state index is -0.385. The van der Waals surface area contributed by atoms with Crippen molar-refractivity contribution in [2.45, 2.75) is 11.8 Å². The van der Waals surface area contributed by atoms with Gasteiger partial charge in [0.05, 0.1) is 12.5 Å². The number of alkyl halides is 1. The third-order valence-corrected chi connectivity index (χ3v) is 3.70. The highest BCUT2D eigenvalue weighted by Gasteiger charge is 2.14. The largest absolute Gasteiger partial charge is 0.481 e. The summed E-state index contributed by atoms with van der Waals surface area (Å²) in [6, 6.07) is 6.15. The quantitative estimate of drug-likeness (QED) is 0.788. The van der Waals surface area contributed by atoms with Crippen LogP contribution in [-0.2, 0) is 6.42 Å². The van der Waals surface area contributed by atoms with Gasteiger partial charge in [-0.05, 0) is 23.8 Å². The minimum absolute atomic E-state index is 0.316. The van der Waals surface area contributed by atoms with E-state index >= 15 is 0 Å². The SMILES string of the molecule is COc1cc(CC(Cl)c2cc(F)ccc2Br)ncn1. The minimum Gasteiger partial charge on any atom is -0.481 e. The number of methoxy groups -OCH3 is 1. The fraction of sp³-hybridized carbons (Fsp3) is 0.231. The van der Waals surface area contributed by atoms with Crippen LogP contribution >= 0.6 is 27.5 Å². The molecule has 1 heterocycles. The molecule has 0 saturated heterocycles. The number of rotatable bonds is 4. The number of hydrogen-bond donors (Lipinski definition) is 0. The molecule has 0 aliphatic carbocycles. The molecule has 0 fully saturated rings. The van der Waals surface area contributed by atoms with Gasteiger partial charge in [-0.25, -0.2) is 14.4 Å². The number of aromatic nitrogens is 2. The van der Waals surface area contributed by atoms with Gasteiger partial charge in [0.2, 0.25) is 5.88 Å². The Kier molecular flexibility index (Phi) is 4.71. The van der Waals surface area contributed by atoms with E-state index in [1.165, 1.54) is 25.6 Å². The monoisotopic (exact) mass is 344 g/mol. The second-order valence-electron chi connectivity index (χ2n) is 3.89. The molecule has 1 unspecified atom stereocenters. The maximum Gasteiger partial charge on any atom is 0.216 e. The molecule has 0 aliphatic rings. The highest BCUT2D eigenvalue weighted by molar-refractivity contribution is 9.10. The zero-order valence-corrected chi connectivity index (χ0v) is 12.4. The summed E-state index contributed by atoms with van der Waals surface area (Å²) >= 11 is 9.68. The zero-order valence-electron chi connectivity index (χ0n) is 10.1. The molecule has 0 spiro atoms. The van der Waals surface area contributed by atoms with Crippen LogP contribution in [0.4, 0.5) is 4.39 Å². The van der Waals surface area contributed by atoms with Crippen molar-refractivity contribution < 1.29 is 9.13 Å². The van der Waals surface area contributed by atoms with E-state index in [2.05, 4.69) is 25.9 Å². The van der Waals surface area contributed by atoms with Gasteiger partial charge in [0.15, 0.2) is 0 Å². The summed E-state index contributed by atoms with van der Waals surface area (Å²) in [6.45, 7) is 0. The lowest BCUT2D eigenvalue weighted by Gasteiger charge is -2.12. The second-order valence-corrected chi connectivity index (χ2v) is 5.27. The molecule has 19 heavy (non-hydrogen) atoms. The standard InChI is InChI=1S/C13H11BrClFN2O/c1-19-13-6-9(17-7-18-13)5-12(15)10-4-8(16)2-3-11(10)14/h2-4,6-7,12H,5H2,1H3. The fourth-order valence-corrected chi connectivity index (χ4v) is 2.64. The molecule has 1 atom stereocenters. The van der Waals surface area contributed by atoms with Crippen LogP contribution in [-0.4, -0.2) is 17.1 Å². The normalized spacial score (nSPS) is 12.2. The van der Waals surface area contributed by atoms with Crippen molar-refractivity contribution in [2.75, 3.05) is 7.11 Å². The van der Waals surface area contributed by atoms with Crippen molar-refractivity contribution in [1.29, 1.82) is 0 Å². The Morgan fingerprint density at radius 3 is 2.89 bits per heavy atom. The Bertz CT molecular complexity index is 582. The van der Waals surface area contributed by atoms with Crippen molar-refractivity contribution in [3.8, 4) is 5.88 Å². The molecule has 100 valence electrons. The van der Waals surface area contributed by atoms with Crippen molar-refractivity contribution in [3.63, 3.8) is 0 Å². The molecule has 0 bridgehead atoms. The summed E-state index contributed by atoms with van der Waals surface area (Å²) in [6.07, 6.45) is 1.88. The lowest BCUT2D eigenvalue weighted by atomic mass is 10.1. The van der Waals surface area contributed by atoms with E-state index in [1.54, 1.807) is 12.1 Å². The van der Waals surface area contributed by atoms with Gasteiger partial charge >= 0.3 is 0 Å². The molecule has 2 rings (SSSR count). The van der Waals surface area contributed by atoms with Crippen molar-refractivity contribution in [2.24, 2.45) is 0 Å². The Hall–Kier alpha value is -1.20. The first-order valence-corrected chi connectivity index (χ1v) is 6.77. The van der Waals surface area contributed by atoms with Gasteiger partial charge in [0.25, 0.3) is 0 Å². The van der Waals surface area contributed by atoms with Gasteiger partial charge < -0.3 is 4.74 Å². The molecule has 2 aromatic rings. The summed E-state index contributed by atoms with van der Waals surface area (Å²) in [5, 5.41) is -0.385. The Morgan fingerprint density at radius 1 is 1.37 bits per heavy atom. The van der Waals surface area contributed by atoms with E-state index in [1.807, 2.05) is 0 Å². The van der Waals surface area contributed by atoms with Gasteiger partial charge in [-0.1, -0.05) is 15.9 Å². The van der Waals surface area contributed by atoms with Gasteiger partial charge in [-0.3, -0.25) is 0 Å². The van der Waals surface area contributed by atoms with Crippen molar-refractivity contribution >= 4 is 27.5 Å². The molecule has 0 aliphatic heterocycles. The van der Waals surface area contributed by atoms with E-state index in [4.69, 9.17) is 16.3 Å². The smallest absolute Gasteiger partial charge is 0.216 e. The molecule has 3 nitrogen and oxygen atoms in total.